The van der Waals surface area contributed by atoms with Crippen LogP contribution in [0.25, 0.3) is 38.2 Å². The highest BCUT2D eigenvalue weighted by Crippen LogP contribution is 2.30. The van der Waals surface area contributed by atoms with Crippen molar-refractivity contribution < 1.29 is 9.21 Å². The van der Waals surface area contributed by atoms with Gasteiger partial charge in [0, 0.05) is 28.8 Å². The maximum absolute atomic E-state index is 12.3. The SMILES string of the molecule is Cc1ccc(-c2ccc(/C=C/C(=O)NCc3ccc(-c4nc5ccccc5s4)cc3)o2)cc1Cl. The molecule has 0 aliphatic rings. The van der Waals surface area contributed by atoms with Gasteiger partial charge in [0.2, 0.25) is 5.91 Å². The van der Waals surface area contributed by atoms with Crippen molar-refractivity contribution in [1.82, 2.24) is 10.3 Å². The van der Waals surface area contributed by atoms with Crippen LogP contribution in [-0.2, 0) is 11.3 Å². The van der Waals surface area contributed by atoms with Crippen LogP contribution in [0.1, 0.15) is 16.9 Å². The summed E-state index contributed by atoms with van der Waals surface area (Å²) in [7, 11) is 0. The molecule has 4 nitrogen and oxygen atoms in total. The van der Waals surface area contributed by atoms with Gasteiger partial charge in [0.15, 0.2) is 0 Å². The fourth-order valence-electron chi connectivity index (χ4n) is 3.51. The molecule has 168 valence electrons. The molecule has 1 N–H and O–H groups in total. The van der Waals surface area contributed by atoms with Gasteiger partial charge in [-0.05, 0) is 54.5 Å². The van der Waals surface area contributed by atoms with Crippen molar-refractivity contribution in [3.8, 4) is 21.9 Å². The fourth-order valence-corrected chi connectivity index (χ4v) is 4.66. The zero-order valence-corrected chi connectivity index (χ0v) is 20.0. The number of aromatic nitrogens is 1. The first-order valence-corrected chi connectivity index (χ1v) is 12.0. The Morgan fingerprint density at radius 1 is 1.03 bits per heavy atom. The van der Waals surface area contributed by atoms with Gasteiger partial charge >= 0.3 is 0 Å². The number of amides is 1. The maximum atomic E-state index is 12.3. The van der Waals surface area contributed by atoms with Crippen LogP contribution in [0, 0.1) is 6.92 Å². The van der Waals surface area contributed by atoms with Crippen molar-refractivity contribution in [2.45, 2.75) is 13.5 Å². The zero-order valence-electron chi connectivity index (χ0n) is 18.4. The lowest BCUT2D eigenvalue weighted by atomic mass is 10.1. The van der Waals surface area contributed by atoms with Crippen molar-refractivity contribution >= 4 is 45.1 Å². The molecule has 0 aliphatic heterocycles. The minimum absolute atomic E-state index is 0.188. The zero-order chi connectivity index (χ0) is 23.5. The summed E-state index contributed by atoms with van der Waals surface area (Å²) in [5.74, 6) is 1.11. The first-order chi connectivity index (χ1) is 16.5. The number of hydrogen-bond acceptors (Lipinski definition) is 4. The van der Waals surface area contributed by atoms with Crippen LogP contribution >= 0.6 is 22.9 Å². The standard InChI is InChI=1S/C28H21ClN2O2S/c1-18-6-9-21(16-23(18)29)25-14-12-22(33-25)13-15-27(32)30-17-19-7-10-20(11-8-19)28-31-24-4-2-3-5-26(24)34-28/h2-16H,17H2,1H3,(H,30,32)/b15-13+. The molecule has 0 atom stereocenters. The van der Waals surface area contributed by atoms with E-state index in [0.717, 1.165) is 32.8 Å². The lowest BCUT2D eigenvalue weighted by Gasteiger charge is -2.03. The molecule has 2 heterocycles. The van der Waals surface area contributed by atoms with Gasteiger partial charge in [0.05, 0.1) is 10.2 Å². The van der Waals surface area contributed by atoms with Crippen molar-refractivity contribution in [3.05, 3.63) is 107 Å². The fraction of sp³-hybridized carbons (Fsp3) is 0.0714. The molecule has 0 spiro atoms. The van der Waals surface area contributed by atoms with Crippen molar-refractivity contribution in [2.75, 3.05) is 0 Å². The number of nitrogens with one attached hydrogen (secondary N) is 1. The third-order valence-corrected chi connectivity index (χ3v) is 6.94. The van der Waals surface area contributed by atoms with E-state index in [1.807, 2.05) is 79.7 Å². The maximum Gasteiger partial charge on any atom is 0.244 e. The number of aryl methyl sites for hydroxylation is 1. The lowest BCUT2D eigenvalue weighted by molar-refractivity contribution is -0.116. The molecule has 1 amide bonds. The Labute approximate surface area is 206 Å². The number of rotatable bonds is 6. The molecule has 2 aromatic heterocycles. The highest BCUT2D eigenvalue weighted by Gasteiger charge is 2.07. The first-order valence-electron chi connectivity index (χ1n) is 10.8. The van der Waals surface area contributed by atoms with Gasteiger partial charge in [-0.15, -0.1) is 11.3 Å². The average Bonchev–Trinajstić information content (AvgIpc) is 3.51. The number of halogens is 1. The van der Waals surface area contributed by atoms with Crippen LogP contribution in [0.15, 0.2) is 89.4 Å². The van der Waals surface area contributed by atoms with Gasteiger partial charge in [0.25, 0.3) is 0 Å². The number of carbonyl (C=O) groups excluding carboxylic acids is 1. The Kier molecular flexibility index (Phi) is 6.30. The summed E-state index contributed by atoms with van der Waals surface area (Å²) < 4.78 is 7.00. The number of nitrogens with zero attached hydrogens (tertiary/aromatic N) is 1. The van der Waals surface area contributed by atoms with E-state index >= 15 is 0 Å². The number of benzene rings is 3. The van der Waals surface area contributed by atoms with Crippen LogP contribution in [-0.4, -0.2) is 10.9 Å². The number of hydrogen-bond donors (Lipinski definition) is 1. The molecule has 6 heteroatoms. The van der Waals surface area contributed by atoms with Gasteiger partial charge in [0.1, 0.15) is 16.5 Å². The van der Waals surface area contributed by atoms with Gasteiger partial charge in [-0.1, -0.05) is 60.1 Å². The number of para-hydroxylation sites is 1. The van der Waals surface area contributed by atoms with Crippen LogP contribution in [0.3, 0.4) is 0 Å². The summed E-state index contributed by atoms with van der Waals surface area (Å²) in [5.41, 5.74) is 5.01. The lowest BCUT2D eigenvalue weighted by Crippen LogP contribution is -2.20. The molecule has 0 saturated heterocycles. The topological polar surface area (TPSA) is 55.1 Å². The molecule has 5 rings (SSSR count). The average molecular weight is 485 g/mol. The molecular formula is C28H21ClN2O2S. The van der Waals surface area contributed by atoms with Gasteiger partial charge in [-0.3, -0.25) is 4.79 Å². The summed E-state index contributed by atoms with van der Waals surface area (Å²) in [6.45, 7) is 2.40. The molecule has 0 bridgehead atoms. The van der Waals surface area contributed by atoms with E-state index in [9.17, 15) is 4.79 Å². The predicted molar refractivity (Wildman–Crippen MR) is 140 cm³/mol. The van der Waals surface area contributed by atoms with Crippen molar-refractivity contribution in [2.24, 2.45) is 0 Å². The number of thiazole rings is 1. The molecule has 0 unspecified atom stereocenters. The number of fused-ring (bicyclic) bond motifs is 1. The minimum atomic E-state index is -0.188. The second-order valence-electron chi connectivity index (χ2n) is 7.90. The second kappa shape index (κ2) is 9.67. The normalized spacial score (nSPS) is 11.4. The largest absolute Gasteiger partial charge is 0.457 e. The monoisotopic (exact) mass is 484 g/mol. The summed E-state index contributed by atoms with van der Waals surface area (Å²) in [6.07, 6.45) is 3.13. The summed E-state index contributed by atoms with van der Waals surface area (Å²) in [4.78, 5) is 17.0. The molecule has 3 aromatic carbocycles. The van der Waals surface area contributed by atoms with E-state index in [-0.39, 0.29) is 5.91 Å². The quantitative estimate of drug-likeness (QED) is 0.253. The Morgan fingerprint density at radius 2 is 1.82 bits per heavy atom. The molecule has 0 aliphatic carbocycles. The third kappa shape index (κ3) is 4.96. The molecule has 0 radical (unpaired) electrons. The summed E-state index contributed by atoms with van der Waals surface area (Å²) in [6, 6.07) is 25.7. The van der Waals surface area contributed by atoms with Crippen LogP contribution in [0.4, 0.5) is 0 Å². The highest BCUT2D eigenvalue weighted by atomic mass is 35.5. The highest BCUT2D eigenvalue weighted by molar-refractivity contribution is 7.21. The van der Waals surface area contributed by atoms with E-state index in [4.69, 9.17) is 21.0 Å². The van der Waals surface area contributed by atoms with E-state index in [1.54, 1.807) is 17.4 Å². The molecule has 0 saturated carbocycles. The number of carbonyl (C=O) groups is 1. The van der Waals surface area contributed by atoms with Gasteiger partial charge in [-0.25, -0.2) is 4.98 Å². The Bertz CT molecular complexity index is 1470. The molecule has 0 fully saturated rings. The summed E-state index contributed by atoms with van der Waals surface area (Å²) in [5, 5.41) is 4.59. The Hall–Kier alpha value is -3.67. The Balaban J connectivity index is 1.18. The second-order valence-corrected chi connectivity index (χ2v) is 9.34. The van der Waals surface area contributed by atoms with Crippen molar-refractivity contribution in [3.63, 3.8) is 0 Å². The molecule has 5 aromatic rings. The predicted octanol–water partition coefficient (Wildman–Crippen LogP) is 7.51. The van der Waals surface area contributed by atoms with E-state index in [1.165, 1.54) is 10.8 Å². The third-order valence-electron chi connectivity index (χ3n) is 5.44. The van der Waals surface area contributed by atoms with Gasteiger partial charge < -0.3 is 9.73 Å². The number of furan rings is 1. The Morgan fingerprint density at radius 3 is 2.62 bits per heavy atom. The van der Waals surface area contributed by atoms with E-state index in [0.29, 0.717) is 23.1 Å². The van der Waals surface area contributed by atoms with E-state index < -0.39 is 0 Å². The first kappa shape index (κ1) is 22.1. The van der Waals surface area contributed by atoms with Gasteiger partial charge in [-0.2, -0.15) is 0 Å². The molecule has 34 heavy (non-hydrogen) atoms. The van der Waals surface area contributed by atoms with Crippen molar-refractivity contribution in [1.29, 1.82) is 0 Å². The summed E-state index contributed by atoms with van der Waals surface area (Å²) >= 11 is 7.88. The smallest absolute Gasteiger partial charge is 0.244 e. The molecular weight excluding hydrogens is 464 g/mol. The van der Waals surface area contributed by atoms with Crippen LogP contribution < -0.4 is 5.32 Å². The van der Waals surface area contributed by atoms with Crippen LogP contribution in [0.5, 0.6) is 0 Å². The van der Waals surface area contributed by atoms with Crippen LogP contribution in [0.2, 0.25) is 5.02 Å². The van der Waals surface area contributed by atoms with E-state index in [2.05, 4.69) is 11.4 Å². The minimum Gasteiger partial charge on any atom is -0.457 e.